The van der Waals surface area contributed by atoms with Crippen LogP contribution in [0.5, 0.6) is 17.2 Å². The predicted octanol–water partition coefficient (Wildman–Crippen LogP) is 2.45. The molecular weight excluding hydrogens is 562 g/mol. The highest BCUT2D eigenvalue weighted by Crippen LogP contribution is 2.32. The average molecular weight is 600 g/mol. The van der Waals surface area contributed by atoms with E-state index in [4.69, 9.17) is 18.9 Å². The first-order chi connectivity index (χ1) is 21.5. The molecule has 44 heavy (non-hydrogen) atoms. The molecule has 1 aromatic heterocycles. The molecule has 1 amide bonds. The molecule has 230 valence electrons. The molecule has 2 N–H and O–H groups in total. The number of aliphatic imine (C=N–C) groups is 1. The first-order valence-electron chi connectivity index (χ1n) is 15.0. The molecule has 2 atom stereocenters. The van der Waals surface area contributed by atoms with Gasteiger partial charge < -0.3 is 29.6 Å². The van der Waals surface area contributed by atoms with Gasteiger partial charge in [0.1, 0.15) is 17.7 Å². The maximum absolute atomic E-state index is 13.4. The van der Waals surface area contributed by atoms with Crippen LogP contribution in [0, 0.1) is 0 Å². The average Bonchev–Trinajstić information content (AvgIpc) is 3.75. The lowest BCUT2D eigenvalue weighted by molar-refractivity contribution is -0.123. The molecule has 2 unspecified atom stereocenters. The molecule has 3 aromatic rings. The third kappa shape index (κ3) is 6.14. The highest BCUT2D eigenvalue weighted by molar-refractivity contribution is 5.84. The van der Waals surface area contributed by atoms with E-state index in [1.54, 1.807) is 12.5 Å². The first-order valence-corrected chi connectivity index (χ1v) is 15.0. The Hall–Kier alpha value is -4.39. The van der Waals surface area contributed by atoms with Gasteiger partial charge in [-0.05, 0) is 54.8 Å². The molecule has 0 saturated carbocycles. The van der Waals surface area contributed by atoms with Crippen molar-refractivity contribution in [3.05, 3.63) is 84.1 Å². The van der Waals surface area contributed by atoms with E-state index in [1.165, 1.54) is 5.56 Å². The van der Waals surface area contributed by atoms with Crippen molar-refractivity contribution >= 4 is 11.9 Å². The quantitative estimate of drug-likeness (QED) is 0.403. The minimum atomic E-state index is -0.470. The number of fused-ring (bicyclic) bond motifs is 2. The summed E-state index contributed by atoms with van der Waals surface area (Å²) in [5, 5.41) is 6.74. The van der Waals surface area contributed by atoms with Crippen molar-refractivity contribution in [2.75, 3.05) is 39.8 Å². The van der Waals surface area contributed by atoms with E-state index >= 15 is 0 Å². The number of hydrogen-bond donors (Lipinski definition) is 2. The van der Waals surface area contributed by atoms with E-state index in [-0.39, 0.29) is 25.5 Å². The van der Waals surface area contributed by atoms with Crippen LogP contribution in [0.15, 0.2) is 72.4 Å². The Morgan fingerprint density at radius 2 is 1.93 bits per heavy atom. The summed E-state index contributed by atoms with van der Waals surface area (Å²) in [6, 6.07) is 12.2. The molecule has 0 aliphatic carbocycles. The molecule has 4 aliphatic heterocycles. The number of benzene rings is 2. The predicted molar refractivity (Wildman–Crippen MR) is 162 cm³/mol. The fourth-order valence-corrected chi connectivity index (χ4v) is 6.17. The Kier molecular flexibility index (Phi) is 7.94. The number of hydrogen-bond acceptors (Lipinski definition) is 10. The summed E-state index contributed by atoms with van der Waals surface area (Å²) < 4.78 is 23.9. The van der Waals surface area contributed by atoms with Crippen LogP contribution < -0.4 is 24.8 Å². The number of ether oxygens (including phenoxy) is 4. The van der Waals surface area contributed by atoms with Crippen molar-refractivity contribution in [3.8, 4) is 17.2 Å². The largest absolute Gasteiger partial charge is 0.467 e. The molecule has 1 saturated heterocycles. The molecular formula is C32H37N7O5. The van der Waals surface area contributed by atoms with Crippen molar-refractivity contribution in [2.24, 2.45) is 4.99 Å². The van der Waals surface area contributed by atoms with Gasteiger partial charge in [-0.2, -0.15) is 0 Å². The normalized spacial score (nSPS) is 22.9. The molecule has 12 heteroatoms. The van der Waals surface area contributed by atoms with E-state index in [1.807, 2.05) is 41.2 Å². The summed E-state index contributed by atoms with van der Waals surface area (Å²) in [7, 11) is 0. The summed E-state index contributed by atoms with van der Waals surface area (Å²) >= 11 is 0. The van der Waals surface area contributed by atoms with Gasteiger partial charge in [0.2, 0.25) is 18.7 Å². The molecule has 1 fully saturated rings. The highest BCUT2D eigenvalue weighted by atomic mass is 16.7. The number of imidazole rings is 1. The summed E-state index contributed by atoms with van der Waals surface area (Å²) in [4.78, 5) is 26.9. The van der Waals surface area contributed by atoms with Crippen molar-refractivity contribution in [1.29, 1.82) is 0 Å². The van der Waals surface area contributed by atoms with E-state index < -0.39 is 5.66 Å². The number of piperazine rings is 1. The zero-order valence-electron chi connectivity index (χ0n) is 24.8. The van der Waals surface area contributed by atoms with Gasteiger partial charge in [-0.15, -0.1) is 0 Å². The van der Waals surface area contributed by atoms with Crippen molar-refractivity contribution in [2.45, 2.75) is 44.6 Å². The number of nitrogens with zero attached hydrogens (tertiary/aromatic N) is 5. The van der Waals surface area contributed by atoms with Gasteiger partial charge in [0.05, 0.1) is 6.61 Å². The van der Waals surface area contributed by atoms with Crippen LogP contribution >= 0.6 is 0 Å². The number of carbonyl (C=O) groups is 1. The van der Waals surface area contributed by atoms with Crippen LogP contribution in [0.2, 0.25) is 0 Å². The molecule has 2 aromatic carbocycles. The number of amides is 1. The topological polar surface area (TPSA) is 115 Å². The molecule has 0 spiro atoms. The Morgan fingerprint density at radius 3 is 2.84 bits per heavy atom. The summed E-state index contributed by atoms with van der Waals surface area (Å²) in [5.74, 6) is 3.14. The van der Waals surface area contributed by atoms with Gasteiger partial charge in [-0.3, -0.25) is 19.2 Å². The number of rotatable bonds is 8. The summed E-state index contributed by atoms with van der Waals surface area (Å²) in [5.41, 5.74) is 2.86. The third-order valence-corrected chi connectivity index (χ3v) is 8.63. The fraction of sp³-hybridized carbons (Fsp3) is 0.406. The SMILES string of the molecule is CC1(N2CCN(Cc3ccc4c(c3)COCO4)C(CC(=O)NCCc3ccc4c(c3)OCO4)C2)C=CN=C(n2ccnc2)N1. The second-order valence-corrected chi connectivity index (χ2v) is 11.6. The third-order valence-electron chi connectivity index (χ3n) is 8.63. The van der Waals surface area contributed by atoms with Crippen LogP contribution in [0.3, 0.4) is 0 Å². The molecule has 0 bridgehead atoms. The number of nitrogens with one attached hydrogen (secondary N) is 2. The molecule has 5 heterocycles. The molecule has 0 radical (unpaired) electrons. The zero-order chi connectivity index (χ0) is 29.9. The Morgan fingerprint density at radius 1 is 1.07 bits per heavy atom. The lowest BCUT2D eigenvalue weighted by atomic mass is 10.0. The molecule has 4 aliphatic rings. The first kappa shape index (κ1) is 28.4. The van der Waals surface area contributed by atoms with Crippen molar-refractivity contribution < 1.29 is 23.7 Å². The van der Waals surface area contributed by atoms with Gasteiger partial charge >= 0.3 is 0 Å². The van der Waals surface area contributed by atoms with Crippen LogP contribution in [-0.4, -0.2) is 82.7 Å². The van der Waals surface area contributed by atoms with E-state index in [0.717, 1.165) is 48.0 Å². The van der Waals surface area contributed by atoms with Gasteiger partial charge in [-0.1, -0.05) is 12.1 Å². The number of carbonyl (C=O) groups excluding carboxylic acids is 1. The Labute approximate surface area is 256 Å². The van der Waals surface area contributed by atoms with Crippen LogP contribution in [-0.2, 0) is 29.1 Å². The van der Waals surface area contributed by atoms with Gasteiger partial charge in [-0.25, -0.2) is 9.98 Å². The standard InChI is InChI=1S/C32H37N7O5/c1-32(7-9-35-31(36-32)38-11-10-33-20-38)39-13-12-37(17-24-3-4-27-25(14-24)19-41-21-42-27)26(18-39)16-30(40)34-8-6-23-2-5-28-29(15-23)44-22-43-28/h2-5,7,9-11,14-15,20,26H,6,8,12-13,16-19,21-22H2,1H3,(H,34,40)(H,35,36). The smallest absolute Gasteiger partial charge is 0.231 e. The minimum Gasteiger partial charge on any atom is -0.467 e. The monoisotopic (exact) mass is 599 g/mol. The molecule has 12 nitrogen and oxygen atoms in total. The fourth-order valence-electron chi connectivity index (χ4n) is 6.17. The van der Waals surface area contributed by atoms with Crippen molar-refractivity contribution in [3.63, 3.8) is 0 Å². The second-order valence-electron chi connectivity index (χ2n) is 11.6. The summed E-state index contributed by atoms with van der Waals surface area (Å²) in [6.45, 7) is 6.85. The second kappa shape index (κ2) is 12.3. The van der Waals surface area contributed by atoms with Gasteiger partial charge in [0, 0.05) is 69.3 Å². The van der Waals surface area contributed by atoms with Gasteiger partial charge in [0.25, 0.3) is 0 Å². The van der Waals surface area contributed by atoms with Crippen LogP contribution in [0.4, 0.5) is 0 Å². The van der Waals surface area contributed by atoms with E-state index in [0.29, 0.717) is 38.5 Å². The Balaban J connectivity index is 1.03. The van der Waals surface area contributed by atoms with Gasteiger partial charge in [0.15, 0.2) is 18.3 Å². The maximum atomic E-state index is 13.4. The minimum absolute atomic E-state index is 0.000381. The van der Waals surface area contributed by atoms with Crippen LogP contribution in [0.1, 0.15) is 30.0 Å². The number of aromatic nitrogens is 2. The lowest BCUT2D eigenvalue weighted by Gasteiger charge is -2.49. The van der Waals surface area contributed by atoms with E-state index in [2.05, 4.69) is 55.5 Å². The highest BCUT2D eigenvalue weighted by Gasteiger charge is 2.39. The summed E-state index contributed by atoms with van der Waals surface area (Å²) in [6.07, 6.45) is 10.4. The maximum Gasteiger partial charge on any atom is 0.231 e. The van der Waals surface area contributed by atoms with E-state index in [9.17, 15) is 4.79 Å². The van der Waals surface area contributed by atoms with Crippen LogP contribution in [0.25, 0.3) is 0 Å². The lowest BCUT2D eigenvalue weighted by Crippen LogP contribution is -2.66. The Bertz CT molecular complexity index is 1560. The van der Waals surface area contributed by atoms with Crippen molar-refractivity contribution in [1.82, 2.24) is 30.0 Å². The zero-order valence-corrected chi connectivity index (χ0v) is 24.8. The molecule has 7 rings (SSSR count).